The molecule has 2 aromatic rings. The molecule has 0 saturated heterocycles. The Morgan fingerprint density at radius 3 is 2.67 bits per heavy atom. The fraction of sp³-hybridized carbons (Fsp3) is 0.500. The van der Waals surface area contributed by atoms with Gasteiger partial charge in [-0.1, -0.05) is 6.92 Å². The zero-order valence-corrected chi connectivity index (χ0v) is 15.5. The lowest BCUT2D eigenvalue weighted by molar-refractivity contribution is -0.137. The maximum absolute atomic E-state index is 13.3. The van der Waals surface area contributed by atoms with Gasteiger partial charge in [-0.2, -0.15) is 18.3 Å². The standard InChI is InChI=1S/C18H20F3N3O2S/c1-17(5-6-17)11-7-12(18(19,20)21)9-13(8-11)27(25,26)24-16-4-2-3-15-14(16)10-22-23-15/h7-10,16,24H,2-6H2,1H3,(H,22,23)/t16-/m1/s1. The molecule has 0 bridgehead atoms. The Balaban J connectivity index is 1.72. The molecule has 1 aromatic carbocycles. The molecular formula is C18H20F3N3O2S. The Labute approximate surface area is 155 Å². The summed E-state index contributed by atoms with van der Waals surface area (Å²) in [6.45, 7) is 1.85. The molecule has 2 N–H and O–H groups in total. The summed E-state index contributed by atoms with van der Waals surface area (Å²) < 4.78 is 68.4. The van der Waals surface area contributed by atoms with Gasteiger partial charge in [0.15, 0.2) is 0 Å². The number of H-pyrrole nitrogens is 1. The van der Waals surface area contributed by atoms with Crippen molar-refractivity contribution < 1.29 is 21.6 Å². The first-order chi connectivity index (χ1) is 12.6. The zero-order chi connectivity index (χ0) is 19.4. The van der Waals surface area contributed by atoms with Crippen molar-refractivity contribution in [3.8, 4) is 0 Å². The van der Waals surface area contributed by atoms with Crippen LogP contribution in [0.25, 0.3) is 0 Å². The molecule has 1 atom stereocenters. The molecule has 2 aliphatic rings. The molecule has 0 unspecified atom stereocenters. The Kier molecular flexibility index (Phi) is 4.15. The van der Waals surface area contributed by atoms with Crippen molar-refractivity contribution in [2.75, 3.05) is 0 Å². The van der Waals surface area contributed by atoms with Crippen molar-refractivity contribution in [3.05, 3.63) is 46.8 Å². The van der Waals surface area contributed by atoms with Crippen LogP contribution >= 0.6 is 0 Å². The van der Waals surface area contributed by atoms with Crippen molar-refractivity contribution in [2.45, 2.75) is 61.6 Å². The summed E-state index contributed by atoms with van der Waals surface area (Å²) in [5, 5.41) is 6.80. The molecule has 5 nitrogen and oxygen atoms in total. The van der Waals surface area contributed by atoms with E-state index in [0.29, 0.717) is 12.0 Å². The molecular weight excluding hydrogens is 379 g/mol. The summed E-state index contributed by atoms with van der Waals surface area (Å²) in [6, 6.07) is 2.67. The summed E-state index contributed by atoms with van der Waals surface area (Å²) >= 11 is 0. The predicted octanol–water partition coefficient (Wildman–Crippen LogP) is 3.84. The number of nitrogens with one attached hydrogen (secondary N) is 2. The van der Waals surface area contributed by atoms with Crippen LogP contribution in [0.2, 0.25) is 0 Å². The molecule has 1 heterocycles. The smallest absolute Gasteiger partial charge is 0.282 e. The topological polar surface area (TPSA) is 74.8 Å². The second kappa shape index (κ2) is 6.07. The average Bonchev–Trinajstić information content (AvgIpc) is 3.16. The minimum Gasteiger partial charge on any atom is -0.282 e. The van der Waals surface area contributed by atoms with E-state index in [0.717, 1.165) is 49.1 Å². The van der Waals surface area contributed by atoms with Gasteiger partial charge in [-0.3, -0.25) is 5.10 Å². The molecule has 0 radical (unpaired) electrons. The molecule has 9 heteroatoms. The van der Waals surface area contributed by atoms with Gasteiger partial charge in [-0.15, -0.1) is 0 Å². The highest BCUT2D eigenvalue weighted by Crippen LogP contribution is 2.49. The lowest BCUT2D eigenvalue weighted by Crippen LogP contribution is -2.31. The largest absolute Gasteiger partial charge is 0.416 e. The Bertz CT molecular complexity index is 954. The van der Waals surface area contributed by atoms with E-state index in [1.165, 1.54) is 6.07 Å². The quantitative estimate of drug-likeness (QED) is 0.820. The molecule has 1 saturated carbocycles. The van der Waals surface area contributed by atoms with Crippen LogP contribution in [-0.2, 0) is 28.0 Å². The van der Waals surface area contributed by atoms with Crippen LogP contribution in [0.5, 0.6) is 0 Å². The minimum atomic E-state index is -4.60. The maximum Gasteiger partial charge on any atom is 0.416 e. The minimum absolute atomic E-state index is 0.337. The van der Waals surface area contributed by atoms with Gasteiger partial charge in [0.25, 0.3) is 0 Å². The molecule has 0 amide bonds. The normalized spacial score (nSPS) is 21.7. The maximum atomic E-state index is 13.3. The number of sulfonamides is 1. The lowest BCUT2D eigenvalue weighted by atomic mass is 9.94. The number of hydrogen-bond donors (Lipinski definition) is 2. The van der Waals surface area contributed by atoms with Crippen LogP contribution in [0.15, 0.2) is 29.3 Å². The SMILES string of the molecule is CC1(c2cc(C(F)(F)F)cc(S(=O)(=O)N[C@@H]3CCCc4[nH]ncc43)c2)CC1. The van der Waals surface area contributed by atoms with Crippen LogP contribution in [-0.4, -0.2) is 18.6 Å². The van der Waals surface area contributed by atoms with Crippen molar-refractivity contribution in [2.24, 2.45) is 0 Å². The third-order valence-corrected chi connectivity index (χ3v) is 7.04. The number of rotatable bonds is 4. The Morgan fingerprint density at radius 1 is 1.26 bits per heavy atom. The molecule has 146 valence electrons. The molecule has 1 aromatic heterocycles. The van der Waals surface area contributed by atoms with E-state index in [2.05, 4.69) is 14.9 Å². The van der Waals surface area contributed by atoms with Crippen molar-refractivity contribution in [3.63, 3.8) is 0 Å². The summed E-state index contributed by atoms with van der Waals surface area (Å²) in [6.07, 6.45) is 0.603. The Hall–Kier alpha value is -1.87. The number of nitrogens with zero attached hydrogens (tertiary/aromatic N) is 1. The van der Waals surface area contributed by atoms with Crippen molar-refractivity contribution in [1.29, 1.82) is 0 Å². The molecule has 2 aliphatic carbocycles. The predicted molar refractivity (Wildman–Crippen MR) is 92.6 cm³/mol. The highest BCUT2D eigenvalue weighted by molar-refractivity contribution is 7.89. The van der Waals surface area contributed by atoms with Crippen LogP contribution in [0.1, 0.15) is 61.0 Å². The summed E-state index contributed by atoms with van der Waals surface area (Å²) in [4.78, 5) is -0.337. The fourth-order valence-corrected chi connectivity index (χ4v) is 4.90. The summed E-state index contributed by atoms with van der Waals surface area (Å²) in [5.41, 5.74) is 0.732. The number of halogens is 3. The lowest BCUT2D eigenvalue weighted by Gasteiger charge is -2.23. The average molecular weight is 399 g/mol. The summed E-state index contributed by atoms with van der Waals surface area (Å²) in [5.74, 6) is 0. The van der Waals surface area contributed by atoms with Gasteiger partial charge >= 0.3 is 6.18 Å². The second-order valence-corrected chi connectivity index (χ2v) is 9.39. The van der Waals surface area contributed by atoms with Crippen LogP contribution in [0, 0.1) is 0 Å². The van der Waals surface area contributed by atoms with Crippen LogP contribution < -0.4 is 4.72 Å². The monoisotopic (exact) mass is 399 g/mol. The highest BCUT2D eigenvalue weighted by Gasteiger charge is 2.42. The fourth-order valence-electron chi connectivity index (χ4n) is 3.58. The Morgan fingerprint density at radius 2 is 2.00 bits per heavy atom. The first kappa shape index (κ1) is 18.5. The number of benzene rings is 1. The van der Waals surface area contributed by atoms with E-state index in [4.69, 9.17) is 0 Å². The van der Waals surface area contributed by atoms with Gasteiger partial charge < -0.3 is 0 Å². The van der Waals surface area contributed by atoms with Gasteiger partial charge in [-0.25, -0.2) is 13.1 Å². The molecule has 27 heavy (non-hydrogen) atoms. The number of aryl methyl sites for hydroxylation is 1. The number of aromatic amines is 1. The van der Waals surface area contributed by atoms with E-state index in [1.807, 2.05) is 6.92 Å². The van der Waals surface area contributed by atoms with Crippen molar-refractivity contribution >= 4 is 10.0 Å². The number of alkyl halides is 3. The number of hydrogen-bond acceptors (Lipinski definition) is 3. The van der Waals surface area contributed by atoms with Crippen molar-refractivity contribution in [1.82, 2.24) is 14.9 Å². The van der Waals surface area contributed by atoms with Gasteiger partial charge in [0.1, 0.15) is 0 Å². The van der Waals surface area contributed by atoms with Crippen LogP contribution in [0.4, 0.5) is 13.2 Å². The molecule has 0 aliphatic heterocycles. The van der Waals surface area contributed by atoms with Crippen LogP contribution in [0.3, 0.4) is 0 Å². The van der Waals surface area contributed by atoms with E-state index < -0.39 is 27.8 Å². The molecule has 0 spiro atoms. The zero-order valence-electron chi connectivity index (χ0n) is 14.7. The van der Waals surface area contributed by atoms with Gasteiger partial charge in [0.05, 0.1) is 22.7 Å². The number of aromatic nitrogens is 2. The first-order valence-corrected chi connectivity index (χ1v) is 10.3. The van der Waals surface area contributed by atoms with E-state index in [1.54, 1.807) is 6.20 Å². The van der Waals surface area contributed by atoms with Gasteiger partial charge in [0, 0.05) is 11.3 Å². The third kappa shape index (κ3) is 3.50. The summed E-state index contributed by atoms with van der Waals surface area (Å²) in [7, 11) is -4.11. The third-order valence-electron chi connectivity index (χ3n) is 5.59. The molecule has 1 fully saturated rings. The first-order valence-electron chi connectivity index (χ1n) is 8.86. The highest BCUT2D eigenvalue weighted by atomic mass is 32.2. The number of fused-ring (bicyclic) bond motifs is 1. The van der Waals surface area contributed by atoms with E-state index in [-0.39, 0.29) is 10.3 Å². The van der Waals surface area contributed by atoms with E-state index in [9.17, 15) is 21.6 Å². The van der Waals surface area contributed by atoms with Gasteiger partial charge in [0.2, 0.25) is 10.0 Å². The molecule has 4 rings (SSSR count). The van der Waals surface area contributed by atoms with E-state index >= 15 is 0 Å². The van der Waals surface area contributed by atoms with Gasteiger partial charge in [-0.05, 0) is 61.3 Å². The second-order valence-electron chi connectivity index (χ2n) is 7.67.